The lowest BCUT2D eigenvalue weighted by Crippen LogP contribution is -2.41. The van der Waals surface area contributed by atoms with E-state index in [4.69, 9.17) is 4.74 Å². The van der Waals surface area contributed by atoms with Gasteiger partial charge in [0.2, 0.25) is 11.8 Å². The molecule has 202 valence electrons. The smallest absolute Gasteiger partial charge is 0.340 e. The number of anilines is 2. The number of carbonyl (C=O) groups is 4. The number of aryl methyl sites for hydroxylation is 1. The third kappa shape index (κ3) is 3.88. The molecule has 0 radical (unpaired) electrons. The van der Waals surface area contributed by atoms with Crippen LogP contribution in [0, 0.1) is 18.8 Å². The van der Waals surface area contributed by atoms with Crippen LogP contribution in [0.5, 0.6) is 0 Å². The average Bonchev–Trinajstić information content (AvgIpc) is 3.26. The predicted molar refractivity (Wildman–Crippen MR) is 153 cm³/mol. The van der Waals surface area contributed by atoms with E-state index in [-0.39, 0.29) is 34.9 Å². The van der Waals surface area contributed by atoms with Gasteiger partial charge in [-0.1, -0.05) is 72.8 Å². The molecule has 1 N–H and O–H groups in total. The Morgan fingerprint density at radius 2 is 1.27 bits per heavy atom. The molecule has 1 aliphatic heterocycles. The molecular formula is C34H26N2O5. The second-order valence-electron chi connectivity index (χ2n) is 10.8. The van der Waals surface area contributed by atoms with E-state index in [0.717, 1.165) is 32.7 Å². The van der Waals surface area contributed by atoms with E-state index < -0.39 is 30.3 Å². The molecule has 0 unspecified atom stereocenters. The topological polar surface area (TPSA) is 92.8 Å². The van der Waals surface area contributed by atoms with Crippen LogP contribution in [0.2, 0.25) is 0 Å². The number of amides is 3. The minimum Gasteiger partial charge on any atom is -0.452 e. The predicted octanol–water partition coefficient (Wildman–Crippen LogP) is 5.19. The lowest BCUT2D eigenvalue weighted by atomic mass is 9.55. The summed E-state index contributed by atoms with van der Waals surface area (Å²) in [5.41, 5.74) is 6.11. The molecule has 0 spiro atoms. The molecule has 4 aromatic carbocycles. The van der Waals surface area contributed by atoms with Gasteiger partial charge in [0.1, 0.15) is 0 Å². The first-order valence-electron chi connectivity index (χ1n) is 13.6. The van der Waals surface area contributed by atoms with Gasteiger partial charge in [0.25, 0.3) is 5.91 Å². The summed E-state index contributed by atoms with van der Waals surface area (Å²) >= 11 is 0. The molecule has 1 fully saturated rings. The Morgan fingerprint density at radius 3 is 1.83 bits per heavy atom. The number of para-hydroxylation sites is 1. The molecule has 3 aliphatic carbocycles. The summed E-state index contributed by atoms with van der Waals surface area (Å²) in [6.45, 7) is 1.40. The van der Waals surface area contributed by atoms with Crippen molar-refractivity contribution in [3.63, 3.8) is 0 Å². The molecule has 4 aliphatic rings. The fraction of sp³-hybridized carbons (Fsp3) is 0.176. The lowest BCUT2D eigenvalue weighted by Gasteiger charge is -2.45. The minimum absolute atomic E-state index is 0.0542. The van der Waals surface area contributed by atoms with Crippen LogP contribution in [0.4, 0.5) is 11.4 Å². The van der Waals surface area contributed by atoms with Gasteiger partial charge < -0.3 is 10.1 Å². The summed E-state index contributed by atoms with van der Waals surface area (Å²) in [4.78, 5) is 55.1. The number of ether oxygens (including phenoxy) is 1. The van der Waals surface area contributed by atoms with Crippen LogP contribution < -0.4 is 10.2 Å². The van der Waals surface area contributed by atoms with Crippen molar-refractivity contribution < 1.29 is 23.9 Å². The largest absolute Gasteiger partial charge is 0.452 e. The molecule has 1 saturated heterocycles. The maximum Gasteiger partial charge on any atom is 0.340 e. The van der Waals surface area contributed by atoms with Crippen LogP contribution in [0.1, 0.15) is 50.0 Å². The molecule has 0 saturated carbocycles. The van der Waals surface area contributed by atoms with Gasteiger partial charge in [-0.25, -0.2) is 9.69 Å². The highest BCUT2D eigenvalue weighted by atomic mass is 16.5. The van der Waals surface area contributed by atoms with Crippen molar-refractivity contribution in [2.24, 2.45) is 11.8 Å². The van der Waals surface area contributed by atoms with Crippen molar-refractivity contribution in [1.82, 2.24) is 0 Å². The van der Waals surface area contributed by atoms with Crippen molar-refractivity contribution in [2.75, 3.05) is 16.8 Å². The second-order valence-corrected chi connectivity index (χ2v) is 10.8. The first-order chi connectivity index (χ1) is 19.9. The number of nitrogens with one attached hydrogen (secondary N) is 1. The van der Waals surface area contributed by atoms with Crippen LogP contribution in [0.15, 0.2) is 97.1 Å². The fourth-order valence-corrected chi connectivity index (χ4v) is 6.88. The Bertz CT molecular complexity index is 1650. The standard InChI is InChI=1S/C34H26N2O5/c1-19-9-8-10-20(17-19)35-27(37)18-41-34(40)25-15-6-7-16-26(25)36-32(38)30-28-21-11-2-3-12-22(21)29(31(30)33(36)39)24-14-5-4-13-23(24)28/h2-17,28-31H,18H2,1H3,(H,35,37)/t28?,29?,30-,31-/m1/s1. The summed E-state index contributed by atoms with van der Waals surface area (Å²) in [6.07, 6.45) is 0. The Labute approximate surface area is 236 Å². The zero-order valence-corrected chi connectivity index (χ0v) is 22.2. The maximum absolute atomic E-state index is 14.1. The molecule has 7 heteroatoms. The SMILES string of the molecule is Cc1cccc(NC(=O)COC(=O)c2ccccc2N2C(=O)[C@@H]3C4c5ccccc5C(c5ccccc54)[C@H]3C2=O)c1. The van der Waals surface area contributed by atoms with Gasteiger partial charge in [0.15, 0.2) is 6.61 Å². The van der Waals surface area contributed by atoms with E-state index in [1.807, 2.05) is 73.7 Å². The van der Waals surface area contributed by atoms with E-state index in [2.05, 4.69) is 5.32 Å². The number of hydrogen-bond donors (Lipinski definition) is 1. The molecule has 41 heavy (non-hydrogen) atoms. The third-order valence-electron chi connectivity index (χ3n) is 8.45. The van der Waals surface area contributed by atoms with E-state index in [1.54, 1.807) is 24.3 Å². The number of hydrogen-bond acceptors (Lipinski definition) is 5. The van der Waals surface area contributed by atoms with Crippen LogP contribution in [0.3, 0.4) is 0 Å². The first-order valence-corrected chi connectivity index (χ1v) is 13.6. The molecule has 8 rings (SSSR count). The average molecular weight is 543 g/mol. The van der Waals surface area contributed by atoms with E-state index in [0.29, 0.717) is 5.69 Å². The van der Waals surface area contributed by atoms with Crippen molar-refractivity contribution in [3.8, 4) is 0 Å². The Hall–Kier alpha value is -5.04. The van der Waals surface area contributed by atoms with Crippen molar-refractivity contribution in [2.45, 2.75) is 18.8 Å². The normalized spacial score (nSPS) is 21.6. The summed E-state index contributed by atoms with van der Waals surface area (Å²) in [6, 6.07) is 29.8. The number of rotatable bonds is 5. The lowest BCUT2D eigenvalue weighted by molar-refractivity contribution is -0.122. The fourth-order valence-electron chi connectivity index (χ4n) is 6.88. The van der Waals surface area contributed by atoms with Gasteiger partial charge in [-0.3, -0.25) is 14.4 Å². The highest BCUT2D eigenvalue weighted by Gasteiger charge is 2.62. The quantitative estimate of drug-likeness (QED) is 0.277. The van der Waals surface area contributed by atoms with E-state index in [9.17, 15) is 19.2 Å². The maximum atomic E-state index is 14.1. The van der Waals surface area contributed by atoms with E-state index >= 15 is 0 Å². The van der Waals surface area contributed by atoms with Crippen molar-refractivity contribution in [1.29, 1.82) is 0 Å². The molecular weight excluding hydrogens is 516 g/mol. The van der Waals surface area contributed by atoms with Gasteiger partial charge in [-0.15, -0.1) is 0 Å². The van der Waals surface area contributed by atoms with Gasteiger partial charge in [0.05, 0.1) is 23.1 Å². The van der Waals surface area contributed by atoms with Gasteiger partial charge in [-0.05, 0) is 59.0 Å². The van der Waals surface area contributed by atoms with Gasteiger partial charge in [0, 0.05) is 17.5 Å². The zero-order valence-electron chi connectivity index (χ0n) is 22.2. The number of nitrogens with zero attached hydrogens (tertiary/aromatic N) is 1. The Balaban J connectivity index is 1.18. The summed E-state index contributed by atoms with van der Waals surface area (Å²) in [7, 11) is 0. The number of benzene rings is 4. The summed E-state index contributed by atoms with van der Waals surface area (Å²) in [5, 5.41) is 2.71. The molecule has 1 heterocycles. The molecule has 0 aromatic heterocycles. The monoisotopic (exact) mass is 542 g/mol. The minimum atomic E-state index is -0.787. The van der Waals surface area contributed by atoms with Crippen LogP contribution in [-0.4, -0.2) is 30.3 Å². The number of carbonyl (C=O) groups excluding carboxylic acids is 4. The van der Waals surface area contributed by atoms with Crippen LogP contribution in [-0.2, 0) is 19.1 Å². The Morgan fingerprint density at radius 1 is 0.732 bits per heavy atom. The van der Waals surface area contributed by atoms with E-state index in [1.165, 1.54) is 6.07 Å². The first kappa shape index (κ1) is 25.0. The highest BCUT2D eigenvalue weighted by Crippen LogP contribution is 2.61. The van der Waals surface area contributed by atoms with Crippen molar-refractivity contribution in [3.05, 3.63) is 130 Å². The summed E-state index contributed by atoms with van der Waals surface area (Å²) < 4.78 is 5.34. The third-order valence-corrected chi connectivity index (χ3v) is 8.45. The van der Waals surface area contributed by atoms with Crippen LogP contribution >= 0.6 is 0 Å². The molecule has 4 aromatic rings. The van der Waals surface area contributed by atoms with Gasteiger partial charge >= 0.3 is 5.97 Å². The van der Waals surface area contributed by atoms with Crippen LogP contribution in [0.25, 0.3) is 0 Å². The Kier molecular flexibility index (Phi) is 5.82. The number of imide groups is 1. The molecule has 2 bridgehead atoms. The molecule has 7 nitrogen and oxygen atoms in total. The highest BCUT2D eigenvalue weighted by molar-refractivity contribution is 6.25. The van der Waals surface area contributed by atoms with Gasteiger partial charge in [-0.2, -0.15) is 0 Å². The van der Waals surface area contributed by atoms with Crippen molar-refractivity contribution >= 4 is 35.1 Å². The summed E-state index contributed by atoms with van der Waals surface area (Å²) in [5.74, 6) is -3.56. The number of esters is 1. The molecule has 2 atom stereocenters. The molecule has 3 amide bonds. The zero-order chi connectivity index (χ0) is 28.2. The second kappa shape index (κ2) is 9.55.